The zero-order chi connectivity index (χ0) is 14.8. The molecular weight excluding hydrogens is 246 g/mol. The van der Waals surface area contributed by atoms with Crippen LogP contribution in [0.25, 0.3) is 0 Å². The molecule has 0 saturated carbocycles. The van der Waals surface area contributed by atoms with Crippen molar-refractivity contribution < 1.29 is 0 Å². The number of anilines is 1. The lowest BCUT2D eigenvalue weighted by molar-refractivity contribution is 0.477. The molecule has 3 heteroatoms. The second kappa shape index (κ2) is 9.78. The molecule has 0 bridgehead atoms. The topological polar surface area (TPSA) is 41.3 Å². The monoisotopic (exact) mass is 277 g/mol. The number of benzene rings is 1. The highest BCUT2D eigenvalue weighted by Crippen LogP contribution is 2.22. The summed E-state index contributed by atoms with van der Waals surface area (Å²) in [6.45, 7) is 2.26. The lowest BCUT2D eigenvalue weighted by Gasteiger charge is -2.18. The fourth-order valence-corrected chi connectivity index (χ4v) is 2.48. The molecule has 0 aromatic heterocycles. The number of unbranched alkanes of at least 4 members (excludes halogenated alkanes) is 5. The van der Waals surface area contributed by atoms with Gasteiger partial charge in [-0.05, 0) is 24.1 Å². The van der Waals surface area contributed by atoms with Crippen LogP contribution in [0, 0.1) is 0 Å². The zero-order valence-corrected chi connectivity index (χ0v) is 13.4. The second-order valence-electron chi connectivity index (χ2n) is 5.76. The van der Waals surface area contributed by atoms with Crippen LogP contribution >= 0.6 is 0 Å². The maximum atomic E-state index is 5.70. The molecular formula is C17H31N3. The van der Waals surface area contributed by atoms with Crippen molar-refractivity contribution in [2.24, 2.45) is 5.84 Å². The summed E-state index contributed by atoms with van der Waals surface area (Å²) < 4.78 is 0. The number of hydrogen-bond acceptors (Lipinski definition) is 3. The SMILES string of the molecule is CCCCCCCCC(NN)c1ccc(N(C)C)cc1. The smallest absolute Gasteiger partial charge is 0.0460 e. The van der Waals surface area contributed by atoms with E-state index in [0.29, 0.717) is 0 Å². The van der Waals surface area contributed by atoms with Crippen molar-refractivity contribution in [3.05, 3.63) is 29.8 Å². The number of nitrogens with one attached hydrogen (secondary N) is 1. The van der Waals surface area contributed by atoms with E-state index in [0.717, 1.165) is 6.42 Å². The lowest BCUT2D eigenvalue weighted by Crippen LogP contribution is -2.28. The van der Waals surface area contributed by atoms with Crippen LogP contribution in [-0.4, -0.2) is 14.1 Å². The van der Waals surface area contributed by atoms with Gasteiger partial charge in [-0.1, -0.05) is 57.6 Å². The van der Waals surface area contributed by atoms with E-state index >= 15 is 0 Å². The van der Waals surface area contributed by atoms with Crippen LogP contribution in [-0.2, 0) is 0 Å². The summed E-state index contributed by atoms with van der Waals surface area (Å²) in [6, 6.07) is 8.94. The molecule has 114 valence electrons. The first-order valence-corrected chi connectivity index (χ1v) is 7.92. The van der Waals surface area contributed by atoms with Crippen LogP contribution in [0.15, 0.2) is 24.3 Å². The fourth-order valence-electron chi connectivity index (χ4n) is 2.48. The number of rotatable bonds is 10. The summed E-state index contributed by atoms with van der Waals surface area (Å²) in [7, 11) is 4.12. The highest BCUT2D eigenvalue weighted by atomic mass is 15.2. The molecule has 3 N–H and O–H groups in total. The lowest BCUT2D eigenvalue weighted by atomic mass is 10.00. The van der Waals surface area contributed by atoms with Gasteiger partial charge in [0, 0.05) is 25.8 Å². The van der Waals surface area contributed by atoms with E-state index in [1.165, 1.54) is 49.8 Å². The Hall–Kier alpha value is -1.06. The fraction of sp³-hybridized carbons (Fsp3) is 0.647. The Bertz CT molecular complexity index is 346. The van der Waals surface area contributed by atoms with Gasteiger partial charge in [0.1, 0.15) is 0 Å². The molecule has 0 saturated heterocycles. The van der Waals surface area contributed by atoms with Crippen molar-refractivity contribution in [1.29, 1.82) is 0 Å². The molecule has 1 aromatic rings. The third-order valence-corrected chi connectivity index (χ3v) is 3.86. The second-order valence-corrected chi connectivity index (χ2v) is 5.76. The van der Waals surface area contributed by atoms with E-state index in [1.807, 2.05) is 0 Å². The van der Waals surface area contributed by atoms with E-state index in [9.17, 15) is 0 Å². The van der Waals surface area contributed by atoms with E-state index in [2.05, 4.69) is 55.6 Å². The van der Waals surface area contributed by atoms with Crippen LogP contribution < -0.4 is 16.2 Å². The maximum Gasteiger partial charge on any atom is 0.0460 e. The van der Waals surface area contributed by atoms with Gasteiger partial charge in [-0.2, -0.15) is 0 Å². The van der Waals surface area contributed by atoms with E-state index in [4.69, 9.17) is 5.84 Å². The first-order valence-electron chi connectivity index (χ1n) is 7.92. The molecule has 0 fully saturated rings. The quantitative estimate of drug-likeness (QED) is 0.386. The molecule has 0 heterocycles. The number of nitrogens with zero attached hydrogens (tertiary/aromatic N) is 1. The van der Waals surface area contributed by atoms with Crippen molar-refractivity contribution in [1.82, 2.24) is 5.43 Å². The Morgan fingerprint density at radius 2 is 1.60 bits per heavy atom. The van der Waals surface area contributed by atoms with Gasteiger partial charge in [0.15, 0.2) is 0 Å². The minimum absolute atomic E-state index is 0.275. The molecule has 1 unspecified atom stereocenters. The number of nitrogens with two attached hydrogens (primary N) is 1. The predicted octanol–water partition coefficient (Wildman–Crippen LogP) is 4.01. The molecule has 1 aromatic carbocycles. The number of hydrazine groups is 1. The summed E-state index contributed by atoms with van der Waals surface area (Å²) in [4.78, 5) is 2.11. The van der Waals surface area contributed by atoms with E-state index in [1.54, 1.807) is 0 Å². The highest BCUT2D eigenvalue weighted by molar-refractivity contribution is 5.46. The van der Waals surface area contributed by atoms with Gasteiger partial charge in [-0.25, -0.2) is 0 Å². The molecule has 0 aliphatic heterocycles. The summed E-state index contributed by atoms with van der Waals surface area (Å²) in [6.07, 6.45) is 9.07. The van der Waals surface area contributed by atoms with Crippen molar-refractivity contribution in [3.63, 3.8) is 0 Å². The van der Waals surface area contributed by atoms with E-state index in [-0.39, 0.29) is 6.04 Å². The van der Waals surface area contributed by atoms with Crippen molar-refractivity contribution in [3.8, 4) is 0 Å². The van der Waals surface area contributed by atoms with Crippen LogP contribution in [0.4, 0.5) is 5.69 Å². The average molecular weight is 277 g/mol. The van der Waals surface area contributed by atoms with E-state index < -0.39 is 0 Å². The van der Waals surface area contributed by atoms with Gasteiger partial charge in [-0.15, -0.1) is 0 Å². The Labute approximate surface area is 124 Å². The summed E-state index contributed by atoms with van der Waals surface area (Å²) in [5.41, 5.74) is 5.47. The van der Waals surface area contributed by atoms with Crippen molar-refractivity contribution in [2.75, 3.05) is 19.0 Å². The molecule has 0 aliphatic carbocycles. The summed E-state index contributed by atoms with van der Waals surface area (Å²) in [5.74, 6) is 5.70. The maximum absolute atomic E-state index is 5.70. The molecule has 3 nitrogen and oxygen atoms in total. The Morgan fingerprint density at radius 1 is 1.00 bits per heavy atom. The van der Waals surface area contributed by atoms with Gasteiger partial charge in [-0.3, -0.25) is 11.3 Å². The summed E-state index contributed by atoms with van der Waals surface area (Å²) in [5, 5.41) is 0. The van der Waals surface area contributed by atoms with Crippen LogP contribution in [0.1, 0.15) is 63.5 Å². The third-order valence-electron chi connectivity index (χ3n) is 3.86. The predicted molar refractivity (Wildman–Crippen MR) is 88.8 cm³/mol. The van der Waals surface area contributed by atoms with Gasteiger partial charge < -0.3 is 4.90 Å². The Morgan fingerprint density at radius 3 is 2.15 bits per heavy atom. The van der Waals surface area contributed by atoms with Gasteiger partial charge in [0.2, 0.25) is 0 Å². The zero-order valence-electron chi connectivity index (χ0n) is 13.4. The van der Waals surface area contributed by atoms with Crippen molar-refractivity contribution in [2.45, 2.75) is 57.9 Å². The standard InChI is InChI=1S/C17H31N3/c1-4-5-6-7-8-9-10-17(19-18)15-11-13-16(14-12-15)20(2)3/h11-14,17,19H,4-10,18H2,1-3H3. The van der Waals surface area contributed by atoms with Crippen molar-refractivity contribution >= 4 is 5.69 Å². The molecule has 1 rings (SSSR count). The molecule has 0 amide bonds. The third kappa shape index (κ3) is 5.93. The summed E-state index contributed by atoms with van der Waals surface area (Å²) >= 11 is 0. The van der Waals surface area contributed by atoms with Gasteiger partial charge in [0.25, 0.3) is 0 Å². The molecule has 0 spiro atoms. The normalized spacial score (nSPS) is 12.4. The average Bonchev–Trinajstić information content (AvgIpc) is 2.47. The highest BCUT2D eigenvalue weighted by Gasteiger charge is 2.09. The molecule has 0 aliphatic rings. The minimum atomic E-state index is 0.275. The number of hydrogen-bond donors (Lipinski definition) is 2. The van der Waals surface area contributed by atoms with Crippen LogP contribution in [0.3, 0.4) is 0 Å². The first kappa shape index (κ1) is 17.0. The minimum Gasteiger partial charge on any atom is -0.378 e. The van der Waals surface area contributed by atoms with Crippen LogP contribution in [0.5, 0.6) is 0 Å². The van der Waals surface area contributed by atoms with Gasteiger partial charge >= 0.3 is 0 Å². The molecule has 0 radical (unpaired) electrons. The Balaban J connectivity index is 2.37. The first-order chi connectivity index (χ1) is 9.69. The molecule has 20 heavy (non-hydrogen) atoms. The Kier molecular flexibility index (Phi) is 8.31. The van der Waals surface area contributed by atoms with Gasteiger partial charge in [0.05, 0.1) is 0 Å². The van der Waals surface area contributed by atoms with Crippen LogP contribution in [0.2, 0.25) is 0 Å². The largest absolute Gasteiger partial charge is 0.378 e. The molecule has 1 atom stereocenters.